The molecule has 3 heteroatoms. The number of anilines is 1. The number of nitrogens with one attached hydrogen (secondary N) is 1. The van der Waals surface area contributed by atoms with Crippen LogP contribution in [0.3, 0.4) is 0 Å². The summed E-state index contributed by atoms with van der Waals surface area (Å²) in [5.74, 6) is -0.872. The minimum atomic E-state index is -0.872. The number of rotatable bonds is 5. The molecule has 94 valence electrons. The molecule has 0 spiro atoms. The van der Waals surface area contributed by atoms with Crippen molar-refractivity contribution < 1.29 is 9.90 Å². The third kappa shape index (κ3) is 3.77. The highest BCUT2D eigenvalue weighted by atomic mass is 16.4. The average Bonchev–Trinajstić information content (AvgIpc) is 2.26. The van der Waals surface area contributed by atoms with Crippen molar-refractivity contribution in [3.8, 4) is 0 Å². The number of aryl methyl sites for hydroxylation is 1. The van der Waals surface area contributed by atoms with Gasteiger partial charge in [-0.3, -0.25) is 0 Å². The van der Waals surface area contributed by atoms with E-state index < -0.39 is 5.97 Å². The Bertz CT molecular complexity index is 411. The lowest BCUT2D eigenvalue weighted by molar-refractivity contribution is 0.0696. The molecule has 1 aromatic rings. The average molecular weight is 235 g/mol. The van der Waals surface area contributed by atoms with Gasteiger partial charge in [-0.15, -0.1) is 0 Å². The van der Waals surface area contributed by atoms with E-state index in [1.165, 1.54) is 0 Å². The van der Waals surface area contributed by atoms with Gasteiger partial charge in [0.2, 0.25) is 0 Å². The van der Waals surface area contributed by atoms with Crippen LogP contribution >= 0.6 is 0 Å². The van der Waals surface area contributed by atoms with Crippen LogP contribution in [0.2, 0.25) is 0 Å². The van der Waals surface area contributed by atoms with Gasteiger partial charge in [0.05, 0.1) is 5.56 Å². The standard InChI is InChI=1S/C14H21NO2/c1-5-14(3,4)9-15-11-6-7-12(13(16)17)10(2)8-11/h6-8,15H,5,9H2,1-4H3,(H,16,17). The Labute approximate surface area is 103 Å². The zero-order chi connectivity index (χ0) is 13.1. The first-order valence-corrected chi connectivity index (χ1v) is 5.93. The van der Waals surface area contributed by atoms with Crippen molar-refractivity contribution in [1.29, 1.82) is 0 Å². The molecule has 0 amide bonds. The molecule has 3 nitrogen and oxygen atoms in total. The monoisotopic (exact) mass is 235 g/mol. The maximum absolute atomic E-state index is 10.9. The predicted molar refractivity (Wildman–Crippen MR) is 70.7 cm³/mol. The van der Waals surface area contributed by atoms with Crippen LogP contribution < -0.4 is 5.32 Å². The summed E-state index contributed by atoms with van der Waals surface area (Å²) in [5.41, 5.74) is 2.38. The SMILES string of the molecule is CCC(C)(C)CNc1ccc(C(=O)O)c(C)c1. The Kier molecular flexibility index (Phi) is 4.16. The van der Waals surface area contributed by atoms with Gasteiger partial charge >= 0.3 is 5.97 Å². The Morgan fingerprint density at radius 1 is 1.41 bits per heavy atom. The maximum atomic E-state index is 10.9. The van der Waals surface area contributed by atoms with Crippen LogP contribution in [-0.4, -0.2) is 17.6 Å². The van der Waals surface area contributed by atoms with Gasteiger partial charge in [-0.1, -0.05) is 20.8 Å². The third-order valence-corrected chi connectivity index (χ3v) is 3.18. The van der Waals surface area contributed by atoms with Gasteiger partial charge in [0.1, 0.15) is 0 Å². The van der Waals surface area contributed by atoms with Crippen molar-refractivity contribution in [3.05, 3.63) is 29.3 Å². The van der Waals surface area contributed by atoms with Crippen LogP contribution in [-0.2, 0) is 0 Å². The molecule has 0 bridgehead atoms. The molecule has 2 N–H and O–H groups in total. The summed E-state index contributed by atoms with van der Waals surface area (Å²) in [5, 5.41) is 12.3. The molecule has 0 heterocycles. The highest BCUT2D eigenvalue weighted by molar-refractivity contribution is 5.89. The highest BCUT2D eigenvalue weighted by Crippen LogP contribution is 2.21. The Balaban J connectivity index is 2.75. The van der Waals surface area contributed by atoms with Crippen molar-refractivity contribution in [3.63, 3.8) is 0 Å². The lowest BCUT2D eigenvalue weighted by Gasteiger charge is -2.23. The quantitative estimate of drug-likeness (QED) is 0.820. The fourth-order valence-electron chi connectivity index (χ4n) is 1.48. The van der Waals surface area contributed by atoms with Crippen molar-refractivity contribution in [2.24, 2.45) is 5.41 Å². The number of carboxylic acids is 1. The molecule has 0 aliphatic rings. The van der Waals surface area contributed by atoms with E-state index in [9.17, 15) is 4.79 Å². The maximum Gasteiger partial charge on any atom is 0.335 e. The molecule has 0 fully saturated rings. The normalized spacial score (nSPS) is 11.3. The lowest BCUT2D eigenvalue weighted by Crippen LogP contribution is -2.22. The van der Waals surface area contributed by atoms with E-state index in [2.05, 4.69) is 26.1 Å². The molecule has 0 radical (unpaired) electrons. The largest absolute Gasteiger partial charge is 0.478 e. The Morgan fingerprint density at radius 2 is 2.06 bits per heavy atom. The topological polar surface area (TPSA) is 49.3 Å². The summed E-state index contributed by atoms with van der Waals surface area (Å²) in [6.07, 6.45) is 1.10. The third-order valence-electron chi connectivity index (χ3n) is 3.18. The highest BCUT2D eigenvalue weighted by Gasteiger charge is 2.14. The number of carbonyl (C=O) groups is 1. The van der Waals surface area contributed by atoms with Gasteiger partial charge < -0.3 is 10.4 Å². The molecule has 1 aromatic carbocycles. The second-order valence-corrected chi connectivity index (χ2v) is 5.21. The molecule has 17 heavy (non-hydrogen) atoms. The van der Waals surface area contributed by atoms with Gasteiger partial charge in [0.25, 0.3) is 0 Å². The van der Waals surface area contributed by atoms with Gasteiger partial charge in [0, 0.05) is 12.2 Å². The number of hydrogen-bond acceptors (Lipinski definition) is 2. The second kappa shape index (κ2) is 5.21. The summed E-state index contributed by atoms with van der Waals surface area (Å²) in [7, 11) is 0. The molecular formula is C14H21NO2. The van der Waals surface area contributed by atoms with Gasteiger partial charge in [-0.2, -0.15) is 0 Å². The minimum absolute atomic E-state index is 0.249. The van der Waals surface area contributed by atoms with Gasteiger partial charge in [-0.25, -0.2) is 4.79 Å². The molecule has 0 aromatic heterocycles. The van der Waals surface area contributed by atoms with E-state index in [1.807, 2.05) is 19.1 Å². The summed E-state index contributed by atoms with van der Waals surface area (Å²) in [6, 6.07) is 5.36. The first-order chi connectivity index (χ1) is 7.85. The smallest absolute Gasteiger partial charge is 0.335 e. The van der Waals surface area contributed by atoms with Crippen molar-refractivity contribution >= 4 is 11.7 Å². The van der Waals surface area contributed by atoms with Crippen LogP contribution in [0.15, 0.2) is 18.2 Å². The van der Waals surface area contributed by atoms with Crippen molar-refractivity contribution in [1.82, 2.24) is 0 Å². The van der Waals surface area contributed by atoms with E-state index in [4.69, 9.17) is 5.11 Å². The lowest BCUT2D eigenvalue weighted by atomic mass is 9.90. The zero-order valence-corrected chi connectivity index (χ0v) is 11.0. The van der Waals surface area contributed by atoms with Crippen LogP contribution in [0.4, 0.5) is 5.69 Å². The van der Waals surface area contributed by atoms with Crippen LogP contribution in [0.5, 0.6) is 0 Å². The van der Waals surface area contributed by atoms with E-state index in [0.717, 1.165) is 24.2 Å². The molecule has 0 unspecified atom stereocenters. The van der Waals surface area contributed by atoms with Crippen LogP contribution in [0.25, 0.3) is 0 Å². The first kappa shape index (κ1) is 13.6. The summed E-state index contributed by atoms with van der Waals surface area (Å²) in [6.45, 7) is 9.28. The number of carboxylic acid groups (broad SMARTS) is 1. The van der Waals surface area contributed by atoms with E-state index in [0.29, 0.717) is 5.56 Å². The fraction of sp³-hybridized carbons (Fsp3) is 0.500. The minimum Gasteiger partial charge on any atom is -0.478 e. The Hall–Kier alpha value is -1.51. The molecule has 0 aliphatic heterocycles. The number of benzene rings is 1. The van der Waals surface area contributed by atoms with E-state index in [1.54, 1.807) is 6.07 Å². The summed E-state index contributed by atoms with van der Waals surface area (Å²) in [4.78, 5) is 10.9. The fourth-order valence-corrected chi connectivity index (χ4v) is 1.48. The zero-order valence-electron chi connectivity index (χ0n) is 11.0. The number of hydrogen-bond donors (Lipinski definition) is 2. The van der Waals surface area contributed by atoms with E-state index >= 15 is 0 Å². The molecular weight excluding hydrogens is 214 g/mol. The number of aromatic carboxylic acids is 1. The molecule has 0 atom stereocenters. The van der Waals surface area contributed by atoms with Crippen molar-refractivity contribution in [2.75, 3.05) is 11.9 Å². The van der Waals surface area contributed by atoms with Crippen molar-refractivity contribution in [2.45, 2.75) is 34.1 Å². The van der Waals surface area contributed by atoms with Crippen LogP contribution in [0.1, 0.15) is 43.1 Å². The summed E-state index contributed by atoms with van der Waals surface area (Å²) < 4.78 is 0. The molecule has 0 saturated carbocycles. The first-order valence-electron chi connectivity index (χ1n) is 5.93. The molecule has 1 rings (SSSR count). The Morgan fingerprint density at radius 3 is 2.53 bits per heavy atom. The molecule has 0 aliphatic carbocycles. The second-order valence-electron chi connectivity index (χ2n) is 5.21. The van der Waals surface area contributed by atoms with Crippen LogP contribution in [0, 0.1) is 12.3 Å². The molecule has 0 saturated heterocycles. The summed E-state index contributed by atoms with van der Waals surface area (Å²) >= 11 is 0. The predicted octanol–water partition coefficient (Wildman–Crippen LogP) is 3.54. The van der Waals surface area contributed by atoms with E-state index in [-0.39, 0.29) is 5.41 Å². The van der Waals surface area contributed by atoms with Gasteiger partial charge in [0.15, 0.2) is 0 Å². The van der Waals surface area contributed by atoms with Gasteiger partial charge in [-0.05, 0) is 42.5 Å².